The molecule has 7 nitrogen and oxygen atoms in total. The number of rotatable bonds is 8. The van der Waals surface area contributed by atoms with Crippen LogP contribution in [-0.2, 0) is 11.8 Å². The normalized spacial score (nSPS) is 16.0. The van der Waals surface area contributed by atoms with Crippen LogP contribution >= 0.6 is 11.8 Å². The van der Waals surface area contributed by atoms with E-state index in [-0.39, 0.29) is 23.1 Å². The van der Waals surface area contributed by atoms with Gasteiger partial charge in [0, 0.05) is 42.8 Å². The van der Waals surface area contributed by atoms with Gasteiger partial charge >= 0.3 is 0 Å². The number of hydrogen-bond acceptors (Lipinski definition) is 5. The van der Waals surface area contributed by atoms with Crippen LogP contribution in [0.5, 0.6) is 0 Å². The second-order valence-electron chi connectivity index (χ2n) is 8.45. The summed E-state index contributed by atoms with van der Waals surface area (Å²) >= 11 is 1.38. The van der Waals surface area contributed by atoms with Crippen LogP contribution in [0.25, 0.3) is 0 Å². The number of likely N-dealkylation sites (N-methyl/N-ethyl adjacent to an activating group) is 1. The Labute approximate surface area is 189 Å². The zero-order valence-corrected chi connectivity index (χ0v) is 19.5. The first-order valence-corrected chi connectivity index (χ1v) is 11.8. The van der Waals surface area contributed by atoms with Crippen molar-refractivity contribution in [3.63, 3.8) is 0 Å². The van der Waals surface area contributed by atoms with Gasteiger partial charge in [-0.1, -0.05) is 37.4 Å². The molecule has 1 fully saturated rings. The number of carbonyl (C=O) groups excluding carboxylic acids is 2. The Morgan fingerprint density at radius 1 is 1.13 bits per heavy atom. The predicted octanol–water partition coefficient (Wildman–Crippen LogP) is 3.54. The van der Waals surface area contributed by atoms with Crippen LogP contribution in [0.1, 0.15) is 48.9 Å². The monoisotopic (exact) mass is 443 g/mol. The van der Waals surface area contributed by atoms with Crippen LogP contribution in [0.4, 0.5) is 5.69 Å². The molecule has 0 saturated heterocycles. The number of thioether (sulfide) groups is 1. The number of anilines is 1. The molecule has 0 atom stereocenters. The van der Waals surface area contributed by atoms with E-state index < -0.39 is 0 Å². The largest absolute Gasteiger partial charge is 0.350 e. The van der Waals surface area contributed by atoms with Crippen molar-refractivity contribution >= 4 is 29.3 Å². The average molecular weight is 444 g/mol. The zero-order valence-electron chi connectivity index (χ0n) is 18.7. The molecule has 0 radical (unpaired) electrons. The van der Waals surface area contributed by atoms with Crippen molar-refractivity contribution in [1.82, 2.24) is 19.8 Å². The van der Waals surface area contributed by atoms with Crippen LogP contribution < -0.4 is 10.6 Å². The first kappa shape index (κ1) is 23.3. The number of benzene rings is 1. The Kier molecular flexibility index (Phi) is 8.15. The van der Waals surface area contributed by atoms with Crippen molar-refractivity contribution in [3.05, 3.63) is 42.2 Å². The molecular formula is C23H33N5O2S. The predicted molar refractivity (Wildman–Crippen MR) is 125 cm³/mol. The summed E-state index contributed by atoms with van der Waals surface area (Å²) in [5.74, 6) is 0.0971. The van der Waals surface area contributed by atoms with Crippen LogP contribution in [0, 0.1) is 0 Å². The second kappa shape index (κ2) is 10.8. The molecule has 1 aromatic heterocycles. The highest BCUT2D eigenvalue weighted by molar-refractivity contribution is 7.99. The van der Waals surface area contributed by atoms with Gasteiger partial charge < -0.3 is 20.1 Å². The molecule has 1 saturated carbocycles. The number of hydrogen-bond donors (Lipinski definition) is 2. The number of imidazole rings is 1. The van der Waals surface area contributed by atoms with Crippen molar-refractivity contribution in [2.24, 2.45) is 7.05 Å². The van der Waals surface area contributed by atoms with E-state index in [1.165, 1.54) is 37.4 Å². The Morgan fingerprint density at radius 2 is 1.81 bits per heavy atom. The van der Waals surface area contributed by atoms with Gasteiger partial charge in [-0.2, -0.15) is 0 Å². The molecule has 2 aromatic rings. The lowest BCUT2D eigenvalue weighted by Crippen LogP contribution is -2.52. The average Bonchev–Trinajstić information content (AvgIpc) is 3.01. The molecule has 0 aliphatic heterocycles. The van der Waals surface area contributed by atoms with Crippen LogP contribution in [0.3, 0.4) is 0 Å². The topological polar surface area (TPSA) is 79.3 Å². The molecule has 168 valence electrons. The Bertz CT molecular complexity index is 870. The van der Waals surface area contributed by atoms with Gasteiger partial charge in [0.1, 0.15) is 0 Å². The molecule has 1 aliphatic carbocycles. The van der Waals surface area contributed by atoms with E-state index in [9.17, 15) is 9.59 Å². The molecule has 1 aliphatic rings. The van der Waals surface area contributed by atoms with E-state index in [0.717, 1.165) is 18.0 Å². The molecule has 1 aromatic carbocycles. The molecular weight excluding hydrogens is 410 g/mol. The van der Waals surface area contributed by atoms with Gasteiger partial charge in [0.05, 0.1) is 5.75 Å². The minimum Gasteiger partial charge on any atom is -0.350 e. The smallest absolute Gasteiger partial charge is 0.251 e. The number of aryl methyl sites for hydroxylation is 1. The van der Waals surface area contributed by atoms with Crippen molar-refractivity contribution in [3.8, 4) is 0 Å². The Balaban J connectivity index is 1.51. The van der Waals surface area contributed by atoms with Crippen molar-refractivity contribution in [1.29, 1.82) is 0 Å². The molecule has 2 N–H and O–H groups in total. The molecule has 0 bridgehead atoms. The summed E-state index contributed by atoms with van der Waals surface area (Å²) in [4.78, 5) is 31.4. The Hall–Kier alpha value is -2.32. The number of aromatic nitrogens is 2. The maximum atomic E-state index is 12.7. The van der Waals surface area contributed by atoms with E-state index in [2.05, 4.69) is 34.6 Å². The first-order valence-electron chi connectivity index (χ1n) is 10.9. The molecule has 8 heteroatoms. The van der Waals surface area contributed by atoms with Crippen molar-refractivity contribution < 1.29 is 9.59 Å². The molecule has 1 heterocycles. The molecule has 31 heavy (non-hydrogen) atoms. The van der Waals surface area contributed by atoms with Gasteiger partial charge in [-0.25, -0.2) is 4.98 Å². The highest BCUT2D eigenvalue weighted by Gasteiger charge is 2.33. The lowest BCUT2D eigenvalue weighted by Gasteiger charge is -2.39. The van der Waals surface area contributed by atoms with Gasteiger partial charge in [0.15, 0.2) is 5.16 Å². The van der Waals surface area contributed by atoms with E-state index >= 15 is 0 Å². The highest BCUT2D eigenvalue weighted by Crippen LogP contribution is 2.30. The minimum atomic E-state index is -0.105. The van der Waals surface area contributed by atoms with Crippen LogP contribution in [0.15, 0.2) is 41.8 Å². The lowest BCUT2D eigenvalue weighted by atomic mass is 9.88. The Morgan fingerprint density at radius 3 is 2.39 bits per heavy atom. The quantitative estimate of drug-likeness (QED) is 0.482. The van der Waals surface area contributed by atoms with Gasteiger partial charge in [-0.3, -0.25) is 9.59 Å². The van der Waals surface area contributed by atoms with Gasteiger partial charge in [-0.05, 0) is 51.2 Å². The number of amides is 2. The van der Waals surface area contributed by atoms with Gasteiger partial charge in [0.25, 0.3) is 5.91 Å². The zero-order chi connectivity index (χ0) is 22.3. The summed E-state index contributed by atoms with van der Waals surface area (Å²) in [6.07, 6.45) is 10.7. The molecule has 3 rings (SSSR count). The summed E-state index contributed by atoms with van der Waals surface area (Å²) in [7, 11) is 6.12. The van der Waals surface area contributed by atoms with Crippen molar-refractivity contribution in [2.45, 2.75) is 49.2 Å². The van der Waals surface area contributed by atoms with E-state index in [1.807, 2.05) is 17.8 Å². The number of carbonyl (C=O) groups is 2. The third-order valence-corrected chi connectivity index (χ3v) is 7.16. The van der Waals surface area contributed by atoms with Crippen LogP contribution in [-0.4, -0.2) is 58.2 Å². The summed E-state index contributed by atoms with van der Waals surface area (Å²) in [5.41, 5.74) is 1.31. The maximum absolute atomic E-state index is 12.7. The first-order chi connectivity index (χ1) is 14.9. The summed E-state index contributed by atoms with van der Waals surface area (Å²) in [6.45, 7) is 0.654. The standard InChI is InChI=1S/C23H33N5O2S/c1-27(2)23(12-6-4-5-7-13-23)17-25-21(30)18-8-10-19(11-9-18)26-20(29)16-31-22-24-14-15-28(22)3/h8-11,14-15H,4-7,12-13,16-17H2,1-3H3,(H,25,30)(H,26,29). The van der Waals surface area contributed by atoms with Gasteiger partial charge in [0.2, 0.25) is 5.91 Å². The SMILES string of the molecule is CN(C)C1(CNC(=O)c2ccc(NC(=O)CSc3nccn3C)cc2)CCCCCC1. The maximum Gasteiger partial charge on any atom is 0.251 e. The fraction of sp³-hybridized carbons (Fsp3) is 0.522. The third-order valence-electron chi connectivity index (χ3n) is 6.10. The number of nitrogens with one attached hydrogen (secondary N) is 2. The molecule has 0 spiro atoms. The molecule has 0 unspecified atom stereocenters. The summed E-state index contributed by atoms with van der Waals surface area (Å²) in [5, 5.41) is 6.80. The van der Waals surface area contributed by atoms with E-state index in [1.54, 1.807) is 30.5 Å². The summed E-state index contributed by atoms with van der Waals surface area (Å²) < 4.78 is 1.88. The third kappa shape index (κ3) is 6.33. The van der Waals surface area contributed by atoms with E-state index in [0.29, 0.717) is 17.8 Å². The second-order valence-corrected chi connectivity index (χ2v) is 9.39. The van der Waals surface area contributed by atoms with Crippen molar-refractivity contribution in [2.75, 3.05) is 31.7 Å². The highest BCUT2D eigenvalue weighted by atomic mass is 32.2. The fourth-order valence-electron chi connectivity index (χ4n) is 4.04. The van der Waals surface area contributed by atoms with Gasteiger partial charge in [-0.15, -0.1) is 0 Å². The van der Waals surface area contributed by atoms with Crippen LogP contribution in [0.2, 0.25) is 0 Å². The fourth-order valence-corrected chi connectivity index (χ4v) is 4.77. The molecule has 2 amide bonds. The summed E-state index contributed by atoms with van der Waals surface area (Å²) in [6, 6.07) is 7.05. The lowest BCUT2D eigenvalue weighted by molar-refractivity contribution is -0.113. The minimum absolute atomic E-state index is 0.0327. The van der Waals surface area contributed by atoms with E-state index in [4.69, 9.17) is 0 Å². The number of nitrogens with zero attached hydrogens (tertiary/aromatic N) is 3.